The summed E-state index contributed by atoms with van der Waals surface area (Å²) in [7, 11) is 0. The van der Waals surface area contributed by atoms with Gasteiger partial charge in [0.2, 0.25) is 5.78 Å². The first-order valence-corrected chi connectivity index (χ1v) is 5.43. The van der Waals surface area contributed by atoms with Crippen LogP contribution in [0.15, 0.2) is 45.9 Å². The average molecular weight is 229 g/mol. The van der Waals surface area contributed by atoms with E-state index in [1.54, 1.807) is 18.2 Å². The van der Waals surface area contributed by atoms with E-state index in [0.717, 1.165) is 4.88 Å². The Balaban J connectivity index is 2.32. The maximum atomic E-state index is 11.8. The second-order valence-electron chi connectivity index (χ2n) is 2.99. The first-order valence-electron chi connectivity index (χ1n) is 4.55. The first kappa shape index (κ1) is 10.4. The van der Waals surface area contributed by atoms with Gasteiger partial charge in [0.25, 0.3) is 0 Å². The van der Waals surface area contributed by atoms with Crippen molar-refractivity contribution in [3.05, 3.63) is 52.1 Å². The van der Waals surface area contributed by atoms with E-state index in [1.165, 1.54) is 17.6 Å². The molecule has 2 rings (SSSR count). The predicted octanol–water partition coefficient (Wildman–Crippen LogP) is 3.13. The molecular weight excluding hydrogens is 222 g/mol. The van der Waals surface area contributed by atoms with Crippen LogP contribution in [0.25, 0.3) is 6.08 Å². The monoisotopic (exact) mass is 229 g/mol. The Morgan fingerprint density at radius 2 is 2.31 bits per heavy atom. The van der Waals surface area contributed by atoms with Crippen LogP contribution in [0.1, 0.15) is 15.4 Å². The van der Waals surface area contributed by atoms with Gasteiger partial charge in [0, 0.05) is 4.88 Å². The molecule has 0 saturated heterocycles. The van der Waals surface area contributed by atoms with Gasteiger partial charge >= 0.3 is 0 Å². The molecule has 2 heterocycles. The van der Waals surface area contributed by atoms with E-state index < -0.39 is 0 Å². The Labute approximate surface area is 96.2 Å². The van der Waals surface area contributed by atoms with Crippen molar-refractivity contribution >= 4 is 23.2 Å². The molecule has 2 aromatic rings. The van der Waals surface area contributed by atoms with Gasteiger partial charge < -0.3 is 4.42 Å². The quantitative estimate of drug-likeness (QED) is 0.461. The molecular formula is C12H7NO2S. The molecule has 0 radical (unpaired) electrons. The highest BCUT2D eigenvalue weighted by Crippen LogP contribution is 2.16. The minimum atomic E-state index is -0.388. The van der Waals surface area contributed by atoms with Crippen LogP contribution in [-0.2, 0) is 0 Å². The second kappa shape index (κ2) is 4.60. The first-order chi connectivity index (χ1) is 7.81. The van der Waals surface area contributed by atoms with E-state index in [9.17, 15) is 4.79 Å². The minimum Gasteiger partial charge on any atom is -0.461 e. The number of carbonyl (C=O) groups is 1. The summed E-state index contributed by atoms with van der Waals surface area (Å²) in [4.78, 5) is 12.7. The number of nitriles is 1. The predicted molar refractivity (Wildman–Crippen MR) is 60.9 cm³/mol. The zero-order chi connectivity index (χ0) is 11.4. The van der Waals surface area contributed by atoms with E-state index in [2.05, 4.69) is 0 Å². The van der Waals surface area contributed by atoms with E-state index >= 15 is 0 Å². The number of nitrogens with zero attached hydrogens (tertiary/aromatic N) is 1. The second-order valence-corrected chi connectivity index (χ2v) is 3.97. The van der Waals surface area contributed by atoms with Gasteiger partial charge in [-0.3, -0.25) is 4.79 Å². The van der Waals surface area contributed by atoms with E-state index in [-0.39, 0.29) is 17.1 Å². The molecule has 0 unspecified atom stereocenters. The minimum absolute atomic E-state index is 0.0809. The molecule has 0 aromatic carbocycles. The Hall–Kier alpha value is -2.12. The number of Topliss-reactive ketones (excluding diaryl/α,β-unsaturated/α-hetero) is 1. The number of thiophene rings is 1. The van der Waals surface area contributed by atoms with Crippen LogP contribution in [0.3, 0.4) is 0 Å². The van der Waals surface area contributed by atoms with Crippen molar-refractivity contribution in [3.63, 3.8) is 0 Å². The van der Waals surface area contributed by atoms with Gasteiger partial charge in [0.05, 0.1) is 6.26 Å². The Morgan fingerprint density at radius 3 is 2.88 bits per heavy atom. The maximum Gasteiger partial charge on any atom is 0.238 e. The van der Waals surface area contributed by atoms with Crippen LogP contribution in [0.5, 0.6) is 0 Å². The summed E-state index contributed by atoms with van der Waals surface area (Å²) >= 11 is 1.47. The lowest BCUT2D eigenvalue weighted by Crippen LogP contribution is -1.99. The Bertz CT molecular complexity index is 544. The number of hydrogen-bond donors (Lipinski definition) is 0. The molecule has 2 aromatic heterocycles. The van der Waals surface area contributed by atoms with Crippen LogP contribution in [0.4, 0.5) is 0 Å². The molecule has 4 heteroatoms. The average Bonchev–Trinajstić information content (AvgIpc) is 2.97. The molecule has 0 spiro atoms. The SMILES string of the molecule is N#CC(=Cc1cccs1)C(=O)c1ccco1. The van der Waals surface area contributed by atoms with E-state index in [1.807, 2.05) is 23.6 Å². The fraction of sp³-hybridized carbons (Fsp3) is 0. The van der Waals surface area contributed by atoms with Crippen LogP contribution >= 0.6 is 11.3 Å². The van der Waals surface area contributed by atoms with Crippen molar-refractivity contribution < 1.29 is 9.21 Å². The standard InChI is InChI=1S/C12H7NO2S/c13-8-9(7-10-3-2-6-16-10)12(14)11-4-1-5-15-11/h1-7H. The summed E-state index contributed by atoms with van der Waals surface area (Å²) in [5, 5.41) is 10.8. The summed E-state index contributed by atoms with van der Waals surface area (Å²) < 4.78 is 4.96. The van der Waals surface area contributed by atoms with E-state index in [4.69, 9.17) is 9.68 Å². The zero-order valence-electron chi connectivity index (χ0n) is 8.21. The van der Waals surface area contributed by atoms with Crippen LogP contribution in [0.2, 0.25) is 0 Å². The number of carbonyl (C=O) groups excluding carboxylic acids is 1. The number of hydrogen-bond acceptors (Lipinski definition) is 4. The Kier molecular flexibility index (Phi) is 2.99. The summed E-state index contributed by atoms with van der Waals surface area (Å²) in [5.41, 5.74) is 0.0809. The van der Waals surface area contributed by atoms with Gasteiger partial charge in [-0.25, -0.2) is 0 Å². The highest BCUT2D eigenvalue weighted by atomic mass is 32.1. The van der Waals surface area contributed by atoms with Gasteiger partial charge in [-0.15, -0.1) is 11.3 Å². The van der Waals surface area contributed by atoms with Crippen molar-refractivity contribution in [1.29, 1.82) is 5.26 Å². The van der Waals surface area contributed by atoms with Gasteiger partial charge in [-0.05, 0) is 29.7 Å². The van der Waals surface area contributed by atoms with Gasteiger partial charge in [-0.1, -0.05) is 6.07 Å². The van der Waals surface area contributed by atoms with Crippen LogP contribution in [-0.4, -0.2) is 5.78 Å². The van der Waals surface area contributed by atoms with Crippen LogP contribution < -0.4 is 0 Å². The van der Waals surface area contributed by atoms with Gasteiger partial charge in [-0.2, -0.15) is 5.26 Å². The summed E-state index contributed by atoms with van der Waals surface area (Å²) in [6.45, 7) is 0. The molecule has 0 saturated carbocycles. The lowest BCUT2D eigenvalue weighted by Gasteiger charge is -1.93. The summed E-state index contributed by atoms with van der Waals surface area (Å²) in [5.74, 6) is -0.203. The molecule has 3 nitrogen and oxygen atoms in total. The highest BCUT2D eigenvalue weighted by Gasteiger charge is 2.14. The van der Waals surface area contributed by atoms with Crippen molar-refractivity contribution in [2.75, 3.05) is 0 Å². The number of ketones is 1. The molecule has 0 N–H and O–H groups in total. The smallest absolute Gasteiger partial charge is 0.238 e. The number of furan rings is 1. The Morgan fingerprint density at radius 1 is 1.44 bits per heavy atom. The molecule has 0 aliphatic carbocycles. The highest BCUT2D eigenvalue weighted by molar-refractivity contribution is 7.10. The van der Waals surface area contributed by atoms with Crippen molar-refractivity contribution in [2.24, 2.45) is 0 Å². The summed E-state index contributed by atoms with van der Waals surface area (Å²) in [6.07, 6.45) is 2.98. The molecule has 0 atom stereocenters. The van der Waals surface area contributed by atoms with E-state index in [0.29, 0.717) is 0 Å². The molecule has 16 heavy (non-hydrogen) atoms. The number of allylic oxidation sites excluding steroid dienone is 1. The molecule has 0 amide bonds. The fourth-order valence-corrected chi connectivity index (χ4v) is 1.86. The summed E-state index contributed by atoms with van der Waals surface area (Å²) in [6, 6.07) is 8.76. The molecule has 78 valence electrons. The third-order valence-corrected chi connectivity index (χ3v) is 2.76. The zero-order valence-corrected chi connectivity index (χ0v) is 9.03. The molecule has 0 bridgehead atoms. The normalized spacial score (nSPS) is 11.1. The molecule has 0 aliphatic rings. The molecule has 0 aliphatic heterocycles. The lowest BCUT2D eigenvalue weighted by atomic mass is 10.1. The molecule has 0 fully saturated rings. The van der Waals surface area contributed by atoms with Gasteiger partial charge in [0.15, 0.2) is 5.76 Å². The lowest BCUT2D eigenvalue weighted by molar-refractivity contribution is 0.101. The third kappa shape index (κ3) is 2.10. The topological polar surface area (TPSA) is 54.0 Å². The van der Waals surface area contributed by atoms with Crippen molar-refractivity contribution in [2.45, 2.75) is 0 Å². The van der Waals surface area contributed by atoms with Crippen molar-refractivity contribution in [1.82, 2.24) is 0 Å². The fourth-order valence-electron chi connectivity index (χ4n) is 1.20. The van der Waals surface area contributed by atoms with Gasteiger partial charge in [0.1, 0.15) is 11.6 Å². The van der Waals surface area contributed by atoms with Crippen LogP contribution in [0, 0.1) is 11.3 Å². The third-order valence-electron chi connectivity index (χ3n) is 1.94. The van der Waals surface area contributed by atoms with Crippen molar-refractivity contribution in [3.8, 4) is 6.07 Å². The largest absolute Gasteiger partial charge is 0.461 e. The number of rotatable bonds is 3. The maximum absolute atomic E-state index is 11.8.